The third kappa shape index (κ3) is 4.71. The molecule has 154 valence electrons. The van der Waals surface area contributed by atoms with Gasteiger partial charge in [-0.1, -0.05) is 17.3 Å². The predicted octanol–water partition coefficient (Wildman–Crippen LogP) is 3.25. The van der Waals surface area contributed by atoms with Gasteiger partial charge in [-0.3, -0.25) is 9.59 Å². The third-order valence-corrected chi connectivity index (χ3v) is 4.95. The molecule has 2 aromatic carbocycles. The quantitative estimate of drug-likeness (QED) is 0.648. The molecular weight excluding hydrogens is 387 g/mol. The van der Waals surface area contributed by atoms with Crippen molar-refractivity contribution in [3.05, 3.63) is 65.8 Å². The van der Waals surface area contributed by atoms with Crippen molar-refractivity contribution >= 4 is 17.5 Å². The monoisotopic (exact) mass is 408 g/mol. The van der Waals surface area contributed by atoms with E-state index in [1.54, 1.807) is 17.0 Å². The molecule has 3 aromatic rings. The zero-order chi connectivity index (χ0) is 20.9. The van der Waals surface area contributed by atoms with Crippen LogP contribution in [0.15, 0.2) is 53.1 Å². The first kappa shape index (κ1) is 19.8. The summed E-state index contributed by atoms with van der Waals surface area (Å²) < 4.78 is 18.2. The highest BCUT2D eigenvalue weighted by molar-refractivity contribution is 5.95. The van der Waals surface area contributed by atoms with Gasteiger partial charge in [0.05, 0.1) is 0 Å². The maximum Gasteiger partial charge on any atom is 0.227 e. The second kappa shape index (κ2) is 8.86. The normalized spacial score (nSPS) is 13.6. The predicted molar refractivity (Wildman–Crippen MR) is 108 cm³/mol. The molecule has 0 unspecified atom stereocenters. The van der Waals surface area contributed by atoms with Gasteiger partial charge in [0.2, 0.25) is 23.5 Å². The molecule has 0 saturated carbocycles. The smallest absolute Gasteiger partial charge is 0.227 e. The van der Waals surface area contributed by atoms with Crippen molar-refractivity contribution in [2.45, 2.75) is 32.2 Å². The molecule has 1 fully saturated rings. The molecule has 0 bridgehead atoms. The van der Waals surface area contributed by atoms with Crippen LogP contribution in [0.1, 0.15) is 30.7 Å². The molecule has 1 saturated heterocycles. The number of halogens is 1. The molecule has 1 N–H and O–H groups in total. The zero-order valence-corrected chi connectivity index (χ0v) is 16.3. The molecule has 30 heavy (non-hydrogen) atoms. The highest BCUT2D eigenvalue weighted by atomic mass is 19.1. The summed E-state index contributed by atoms with van der Waals surface area (Å²) in [4.78, 5) is 29.9. The van der Waals surface area contributed by atoms with Crippen molar-refractivity contribution < 1.29 is 18.5 Å². The molecule has 0 aliphatic carbocycles. The van der Waals surface area contributed by atoms with Crippen molar-refractivity contribution in [1.29, 1.82) is 0 Å². The molecule has 4 rings (SSSR count). The van der Waals surface area contributed by atoms with Crippen LogP contribution in [0.2, 0.25) is 0 Å². The summed E-state index contributed by atoms with van der Waals surface area (Å²) in [6.07, 6.45) is 2.02. The van der Waals surface area contributed by atoms with Crippen molar-refractivity contribution in [2.24, 2.45) is 0 Å². The van der Waals surface area contributed by atoms with Crippen molar-refractivity contribution in [1.82, 2.24) is 15.5 Å². The Morgan fingerprint density at radius 3 is 2.60 bits per heavy atom. The number of carbonyl (C=O) groups excluding carboxylic acids is 2. The molecule has 0 spiro atoms. The van der Waals surface area contributed by atoms with Crippen molar-refractivity contribution in [2.75, 3.05) is 11.4 Å². The highest BCUT2D eigenvalue weighted by Crippen LogP contribution is 2.21. The number of amides is 2. The second-order valence-corrected chi connectivity index (χ2v) is 7.11. The Morgan fingerprint density at radius 1 is 1.13 bits per heavy atom. The number of benzene rings is 2. The average molecular weight is 408 g/mol. The summed E-state index contributed by atoms with van der Waals surface area (Å²) in [6.45, 7) is 1.16. The van der Waals surface area contributed by atoms with Crippen LogP contribution in [0.4, 0.5) is 10.1 Å². The zero-order valence-electron chi connectivity index (χ0n) is 16.3. The van der Waals surface area contributed by atoms with E-state index in [1.807, 2.05) is 24.3 Å². The summed E-state index contributed by atoms with van der Waals surface area (Å²) in [7, 11) is 0. The van der Waals surface area contributed by atoms with Crippen LogP contribution in [-0.2, 0) is 22.6 Å². The summed E-state index contributed by atoms with van der Waals surface area (Å²) in [5.74, 6) is 0.402. The summed E-state index contributed by atoms with van der Waals surface area (Å²) in [5.41, 5.74) is 2.49. The molecule has 0 atom stereocenters. The van der Waals surface area contributed by atoms with E-state index >= 15 is 0 Å². The fourth-order valence-electron chi connectivity index (χ4n) is 3.30. The minimum absolute atomic E-state index is 0.129. The lowest BCUT2D eigenvalue weighted by Crippen LogP contribution is -2.24. The largest absolute Gasteiger partial charge is 0.352 e. The highest BCUT2D eigenvalue weighted by Gasteiger charge is 2.21. The van der Waals surface area contributed by atoms with E-state index in [2.05, 4.69) is 15.5 Å². The lowest BCUT2D eigenvalue weighted by Gasteiger charge is -2.16. The number of nitrogens with one attached hydrogen (secondary N) is 1. The topological polar surface area (TPSA) is 88.3 Å². The maximum atomic E-state index is 13.0. The average Bonchev–Trinajstić information content (AvgIpc) is 3.41. The lowest BCUT2D eigenvalue weighted by atomic mass is 10.2. The van der Waals surface area contributed by atoms with Gasteiger partial charge in [0.15, 0.2) is 0 Å². The number of aryl methyl sites for hydroxylation is 1. The Labute approximate surface area is 172 Å². The van der Waals surface area contributed by atoms with Gasteiger partial charge in [0.1, 0.15) is 5.82 Å². The van der Waals surface area contributed by atoms with Crippen molar-refractivity contribution in [3.63, 3.8) is 0 Å². The Hall–Kier alpha value is -3.55. The van der Waals surface area contributed by atoms with E-state index in [-0.39, 0.29) is 24.1 Å². The third-order valence-electron chi connectivity index (χ3n) is 4.95. The molecule has 0 radical (unpaired) electrons. The van der Waals surface area contributed by atoms with E-state index in [0.29, 0.717) is 36.7 Å². The number of hydrogen-bond acceptors (Lipinski definition) is 5. The molecule has 1 aliphatic rings. The Kier molecular flexibility index (Phi) is 5.83. The summed E-state index contributed by atoms with van der Waals surface area (Å²) in [6, 6.07) is 13.4. The molecule has 1 aromatic heterocycles. The van der Waals surface area contributed by atoms with E-state index < -0.39 is 0 Å². The van der Waals surface area contributed by atoms with Gasteiger partial charge in [-0.05, 0) is 48.4 Å². The number of carbonyl (C=O) groups is 2. The first-order valence-electron chi connectivity index (χ1n) is 9.83. The first-order chi connectivity index (χ1) is 14.6. The van der Waals surface area contributed by atoms with E-state index in [9.17, 15) is 14.0 Å². The number of rotatable bonds is 7. The van der Waals surface area contributed by atoms with Gasteiger partial charge in [-0.25, -0.2) is 4.39 Å². The lowest BCUT2D eigenvalue weighted by molar-refractivity contribution is -0.121. The molecule has 1 aliphatic heterocycles. The Balaban J connectivity index is 1.24. The van der Waals surface area contributed by atoms with Crippen LogP contribution in [-0.4, -0.2) is 28.5 Å². The van der Waals surface area contributed by atoms with E-state index in [4.69, 9.17) is 4.52 Å². The van der Waals surface area contributed by atoms with Crippen LogP contribution in [0, 0.1) is 5.82 Å². The van der Waals surface area contributed by atoms with Crippen LogP contribution in [0.5, 0.6) is 0 Å². The van der Waals surface area contributed by atoms with E-state index in [1.165, 1.54) is 12.1 Å². The van der Waals surface area contributed by atoms with Crippen molar-refractivity contribution in [3.8, 4) is 11.4 Å². The Morgan fingerprint density at radius 2 is 1.90 bits per heavy atom. The van der Waals surface area contributed by atoms with Crippen LogP contribution in [0.3, 0.4) is 0 Å². The van der Waals surface area contributed by atoms with Gasteiger partial charge in [0, 0.05) is 43.6 Å². The number of anilines is 1. The van der Waals surface area contributed by atoms with Crippen LogP contribution in [0.25, 0.3) is 11.4 Å². The molecule has 7 nitrogen and oxygen atoms in total. The molecular formula is C22H21FN4O3. The van der Waals surface area contributed by atoms with Gasteiger partial charge in [-0.2, -0.15) is 4.98 Å². The fraction of sp³-hybridized carbons (Fsp3) is 0.273. The second-order valence-electron chi connectivity index (χ2n) is 7.11. The van der Waals surface area contributed by atoms with Gasteiger partial charge in [-0.15, -0.1) is 0 Å². The summed E-state index contributed by atoms with van der Waals surface area (Å²) >= 11 is 0. The molecule has 2 heterocycles. The number of nitrogens with zero attached hydrogens (tertiary/aromatic N) is 3. The standard InChI is InChI=1S/C22H21FN4O3/c23-17-7-5-16(6-8-17)22-25-20(30-26-22)12-11-19(28)24-14-15-3-9-18(10-4-15)27-13-1-2-21(27)29/h3-10H,1-2,11-14H2,(H,24,28). The van der Waals surface area contributed by atoms with Gasteiger partial charge in [0.25, 0.3) is 0 Å². The minimum atomic E-state index is -0.335. The summed E-state index contributed by atoms with van der Waals surface area (Å²) in [5, 5.41) is 6.73. The number of hydrogen-bond donors (Lipinski definition) is 1. The SMILES string of the molecule is O=C(CCc1nc(-c2ccc(F)cc2)no1)NCc1ccc(N2CCCC2=O)cc1. The maximum absolute atomic E-state index is 13.0. The first-order valence-corrected chi connectivity index (χ1v) is 9.83. The fourth-order valence-corrected chi connectivity index (χ4v) is 3.30. The van der Waals surface area contributed by atoms with Gasteiger partial charge < -0.3 is 14.7 Å². The van der Waals surface area contributed by atoms with Crippen LogP contribution < -0.4 is 10.2 Å². The molecule has 8 heteroatoms. The Bertz CT molecular complexity index is 1030. The van der Waals surface area contributed by atoms with Crippen LogP contribution >= 0.6 is 0 Å². The molecule has 2 amide bonds. The van der Waals surface area contributed by atoms with Gasteiger partial charge >= 0.3 is 0 Å². The minimum Gasteiger partial charge on any atom is -0.352 e. The van der Waals surface area contributed by atoms with E-state index in [0.717, 1.165) is 24.2 Å². The number of aromatic nitrogens is 2.